The number of hydrogen-bond acceptors (Lipinski definition) is 4. The second-order valence-electron chi connectivity index (χ2n) is 7.36. The molecule has 4 N–H and O–H groups in total. The predicted molar refractivity (Wildman–Crippen MR) is 107 cm³/mol. The molecule has 2 aromatic carbocycles. The van der Waals surface area contributed by atoms with E-state index in [1.807, 2.05) is 12.1 Å². The van der Waals surface area contributed by atoms with E-state index in [1.165, 1.54) is 18.7 Å². The normalized spacial score (nSPS) is 15.0. The van der Waals surface area contributed by atoms with E-state index < -0.39 is 11.3 Å². The first-order chi connectivity index (χ1) is 13.5. The van der Waals surface area contributed by atoms with E-state index in [2.05, 4.69) is 0 Å². The van der Waals surface area contributed by atoms with Crippen LogP contribution < -0.4 is 11.2 Å². The molecule has 1 aliphatic rings. The first-order valence-corrected chi connectivity index (χ1v) is 9.48. The van der Waals surface area contributed by atoms with E-state index in [1.54, 1.807) is 22.8 Å². The molecule has 0 saturated heterocycles. The zero-order valence-electron chi connectivity index (χ0n) is 15.4. The lowest BCUT2D eigenvalue weighted by atomic mass is 9.83. The van der Waals surface area contributed by atoms with Gasteiger partial charge in [-0.3, -0.25) is 9.59 Å². The number of pyridine rings is 1. The Morgan fingerprint density at radius 2 is 1.79 bits per heavy atom. The van der Waals surface area contributed by atoms with Gasteiger partial charge in [0.1, 0.15) is 17.1 Å². The zero-order chi connectivity index (χ0) is 19.8. The minimum Gasteiger partial charge on any atom is -0.508 e. The molecule has 1 aromatic heterocycles. The molecule has 1 amide bonds. The second-order valence-corrected chi connectivity index (χ2v) is 7.36. The Labute approximate surface area is 161 Å². The van der Waals surface area contributed by atoms with Crippen molar-refractivity contribution in [3.05, 3.63) is 63.9 Å². The monoisotopic (exact) mass is 378 g/mol. The molecule has 3 aromatic rings. The maximum Gasteiger partial charge on any atom is 0.254 e. The first-order valence-electron chi connectivity index (χ1n) is 9.48. The topological polar surface area (TPSA) is 106 Å². The predicted octanol–water partition coefficient (Wildman–Crippen LogP) is 3.55. The summed E-state index contributed by atoms with van der Waals surface area (Å²) >= 11 is 0. The number of primary amides is 1. The highest BCUT2D eigenvalue weighted by atomic mass is 16.3. The number of phenols is 2. The van der Waals surface area contributed by atoms with Crippen molar-refractivity contribution in [2.24, 2.45) is 5.73 Å². The average molecular weight is 378 g/mol. The number of carbonyl (C=O) groups is 1. The Kier molecular flexibility index (Phi) is 4.55. The van der Waals surface area contributed by atoms with Gasteiger partial charge in [0, 0.05) is 18.0 Å². The Bertz CT molecular complexity index is 1130. The third kappa shape index (κ3) is 3.01. The molecule has 1 saturated carbocycles. The van der Waals surface area contributed by atoms with Gasteiger partial charge in [-0.25, -0.2) is 0 Å². The third-order valence-electron chi connectivity index (χ3n) is 5.61. The van der Waals surface area contributed by atoms with Gasteiger partial charge in [0.15, 0.2) is 0 Å². The number of rotatable bonds is 3. The van der Waals surface area contributed by atoms with Crippen LogP contribution in [0.25, 0.3) is 16.6 Å². The number of hydrogen-bond donors (Lipinski definition) is 3. The summed E-state index contributed by atoms with van der Waals surface area (Å²) < 4.78 is 1.60. The maximum absolute atomic E-state index is 12.6. The molecule has 144 valence electrons. The first kappa shape index (κ1) is 18.1. The highest BCUT2D eigenvalue weighted by Crippen LogP contribution is 2.38. The molecule has 0 radical (unpaired) electrons. The van der Waals surface area contributed by atoms with Crippen molar-refractivity contribution in [1.82, 2.24) is 4.57 Å². The van der Waals surface area contributed by atoms with Gasteiger partial charge < -0.3 is 20.5 Å². The van der Waals surface area contributed by atoms with Gasteiger partial charge in [-0.05, 0) is 42.5 Å². The summed E-state index contributed by atoms with van der Waals surface area (Å²) in [6.07, 6.45) is 7.05. The number of aromatic hydroxyl groups is 2. The fourth-order valence-electron chi connectivity index (χ4n) is 4.18. The number of aromatic nitrogens is 1. The fourth-order valence-corrected chi connectivity index (χ4v) is 4.18. The number of benzene rings is 2. The van der Waals surface area contributed by atoms with E-state index in [9.17, 15) is 19.8 Å². The van der Waals surface area contributed by atoms with Crippen LogP contribution in [0.1, 0.15) is 53.9 Å². The van der Waals surface area contributed by atoms with Crippen LogP contribution in [-0.2, 0) is 0 Å². The molecular weight excluding hydrogens is 356 g/mol. The van der Waals surface area contributed by atoms with Crippen molar-refractivity contribution >= 4 is 16.8 Å². The minimum atomic E-state index is -0.869. The van der Waals surface area contributed by atoms with E-state index in [-0.39, 0.29) is 22.4 Å². The molecule has 4 rings (SSSR count). The largest absolute Gasteiger partial charge is 0.508 e. The van der Waals surface area contributed by atoms with Crippen LogP contribution >= 0.6 is 0 Å². The summed E-state index contributed by atoms with van der Waals surface area (Å²) in [4.78, 5) is 24.3. The molecule has 0 aliphatic heterocycles. The lowest BCUT2D eigenvalue weighted by Crippen LogP contribution is -2.24. The maximum atomic E-state index is 12.6. The van der Waals surface area contributed by atoms with Crippen LogP contribution in [0.4, 0.5) is 0 Å². The molecule has 0 spiro atoms. The van der Waals surface area contributed by atoms with Crippen molar-refractivity contribution in [3.63, 3.8) is 0 Å². The van der Waals surface area contributed by atoms with Gasteiger partial charge >= 0.3 is 0 Å². The van der Waals surface area contributed by atoms with Crippen molar-refractivity contribution in [3.8, 4) is 17.2 Å². The smallest absolute Gasteiger partial charge is 0.254 e. The zero-order valence-corrected chi connectivity index (χ0v) is 15.4. The van der Waals surface area contributed by atoms with Crippen LogP contribution in [0.15, 0.2) is 47.4 Å². The number of amides is 1. The van der Waals surface area contributed by atoms with Gasteiger partial charge in [-0.2, -0.15) is 0 Å². The molecule has 6 nitrogen and oxygen atoms in total. The number of nitrogens with zero attached hydrogens (tertiary/aromatic N) is 1. The lowest BCUT2D eigenvalue weighted by molar-refractivity contribution is 0.0999. The molecule has 28 heavy (non-hydrogen) atoms. The molecule has 1 aliphatic carbocycles. The Morgan fingerprint density at radius 1 is 1.04 bits per heavy atom. The SMILES string of the molecule is NC(=O)c1cn(-c2ccc(C3CCCCC3)c(O)c2)c2cccc(O)c2c1=O. The van der Waals surface area contributed by atoms with E-state index >= 15 is 0 Å². The molecule has 0 atom stereocenters. The molecule has 1 heterocycles. The number of fused-ring (bicyclic) bond motifs is 1. The Morgan fingerprint density at radius 3 is 2.46 bits per heavy atom. The van der Waals surface area contributed by atoms with Crippen LogP contribution in [-0.4, -0.2) is 20.7 Å². The summed E-state index contributed by atoms with van der Waals surface area (Å²) in [5.41, 5.74) is 6.47. The third-order valence-corrected chi connectivity index (χ3v) is 5.61. The van der Waals surface area contributed by atoms with E-state index in [4.69, 9.17) is 5.73 Å². The van der Waals surface area contributed by atoms with Gasteiger partial charge in [-0.1, -0.05) is 31.4 Å². The summed E-state index contributed by atoms with van der Waals surface area (Å²) in [7, 11) is 0. The Balaban J connectivity index is 1.90. The molecule has 0 bridgehead atoms. The molecular formula is C22H22N2O4. The van der Waals surface area contributed by atoms with Crippen LogP contribution in [0, 0.1) is 0 Å². The second kappa shape index (κ2) is 7.03. The van der Waals surface area contributed by atoms with Crippen LogP contribution in [0.5, 0.6) is 11.5 Å². The van der Waals surface area contributed by atoms with Crippen LogP contribution in [0.3, 0.4) is 0 Å². The van der Waals surface area contributed by atoms with Crippen molar-refractivity contribution in [2.45, 2.75) is 38.0 Å². The van der Waals surface area contributed by atoms with Crippen molar-refractivity contribution in [1.29, 1.82) is 0 Å². The fraction of sp³-hybridized carbons (Fsp3) is 0.273. The van der Waals surface area contributed by atoms with E-state index in [0.29, 0.717) is 17.1 Å². The lowest BCUT2D eigenvalue weighted by Gasteiger charge is -2.23. The summed E-state index contributed by atoms with van der Waals surface area (Å²) in [6, 6.07) is 10.1. The minimum absolute atomic E-state index is 0.0228. The average Bonchev–Trinajstić information content (AvgIpc) is 2.68. The van der Waals surface area contributed by atoms with Crippen LogP contribution in [0.2, 0.25) is 0 Å². The number of carbonyl (C=O) groups excluding carboxylic acids is 1. The standard InChI is InChI=1S/C22H22N2O4/c23-22(28)16-12-24(17-7-4-8-18(25)20(17)21(16)27)14-9-10-15(19(26)11-14)13-5-2-1-3-6-13/h4,7-13,25-26H,1-3,5-6H2,(H2,23,28). The highest BCUT2D eigenvalue weighted by Gasteiger charge is 2.20. The molecule has 6 heteroatoms. The van der Waals surface area contributed by atoms with Gasteiger partial charge in [0.2, 0.25) is 5.43 Å². The van der Waals surface area contributed by atoms with Gasteiger partial charge in [-0.15, -0.1) is 0 Å². The van der Waals surface area contributed by atoms with E-state index in [0.717, 1.165) is 31.2 Å². The van der Waals surface area contributed by atoms with Gasteiger partial charge in [0.05, 0.1) is 10.9 Å². The Hall–Kier alpha value is -3.28. The molecule has 0 unspecified atom stereocenters. The van der Waals surface area contributed by atoms with Crippen molar-refractivity contribution < 1.29 is 15.0 Å². The summed E-state index contributed by atoms with van der Waals surface area (Å²) in [5, 5.41) is 20.9. The van der Waals surface area contributed by atoms with Crippen molar-refractivity contribution in [2.75, 3.05) is 0 Å². The molecule has 1 fully saturated rings. The summed E-state index contributed by atoms with van der Waals surface area (Å²) in [5.74, 6) is -0.551. The van der Waals surface area contributed by atoms with Gasteiger partial charge in [0.25, 0.3) is 5.91 Å². The number of phenolic OH excluding ortho intramolecular Hbond substituents is 2. The number of nitrogens with two attached hydrogens (primary N) is 1. The summed E-state index contributed by atoms with van der Waals surface area (Å²) in [6.45, 7) is 0. The highest BCUT2D eigenvalue weighted by molar-refractivity contribution is 5.98. The quantitative estimate of drug-likeness (QED) is 0.648.